The third kappa shape index (κ3) is 5.79. The van der Waals surface area contributed by atoms with E-state index in [-0.39, 0.29) is 0 Å². The summed E-state index contributed by atoms with van der Waals surface area (Å²) in [5.41, 5.74) is 5.24. The van der Waals surface area contributed by atoms with Crippen LogP contribution in [-0.2, 0) is 13.0 Å². The zero-order valence-electron chi connectivity index (χ0n) is 16.2. The van der Waals surface area contributed by atoms with E-state index in [0.29, 0.717) is 6.42 Å². The maximum Gasteiger partial charge on any atom is 0.118 e. The number of nitriles is 1. The summed E-state index contributed by atoms with van der Waals surface area (Å²) in [4.78, 5) is 2.26. The molecule has 0 unspecified atom stereocenters. The third-order valence-corrected chi connectivity index (χ3v) is 4.73. The van der Waals surface area contributed by atoms with Crippen LogP contribution < -0.4 is 15.0 Å². The first-order chi connectivity index (χ1) is 12.7. The summed E-state index contributed by atoms with van der Waals surface area (Å²) >= 11 is 0. The number of nitrogens with two attached hydrogens (primary N) is 1. The van der Waals surface area contributed by atoms with Crippen LogP contribution in [0.4, 0.5) is 5.69 Å². The molecule has 0 aliphatic carbocycles. The fraction of sp³-hybridized carbons (Fsp3) is 0.409. The molecule has 0 heterocycles. The maximum absolute atomic E-state index is 8.80. The van der Waals surface area contributed by atoms with Crippen molar-refractivity contribution in [2.45, 2.75) is 33.2 Å². The summed E-state index contributed by atoms with van der Waals surface area (Å²) in [7, 11) is 1.69. The number of rotatable bonds is 10. The topological polar surface area (TPSA) is 52.9 Å². The van der Waals surface area contributed by atoms with Crippen molar-refractivity contribution >= 4 is 5.69 Å². The van der Waals surface area contributed by atoms with Crippen molar-refractivity contribution < 1.29 is 10.1 Å². The number of nitrogens with zero attached hydrogens (tertiary/aromatic N) is 2. The SMILES string of the molecule is CCN(CCC#N)c1ccc(C[NH2+]CCc2ccc(OC)cc2)c(C)c1. The highest BCUT2D eigenvalue weighted by atomic mass is 16.5. The summed E-state index contributed by atoms with van der Waals surface area (Å²) in [5.74, 6) is 0.907. The lowest BCUT2D eigenvalue weighted by Crippen LogP contribution is -2.83. The van der Waals surface area contributed by atoms with Gasteiger partial charge >= 0.3 is 0 Å². The summed E-state index contributed by atoms with van der Waals surface area (Å²) in [6.07, 6.45) is 1.62. The minimum atomic E-state index is 0.563. The second-order valence-corrected chi connectivity index (χ2v) is 6.48. The molecule has 0 spiro atoms. The number of benzene rings is 2. The first-order valence-corrected chi connectivity index (χ1v) is 9.34. The summed E-state index contributed by atoms with van der Waals surface area (Å²) < 4.78 is 5.19. The highest BCUT2D eigenvalue weighted by molar-refractivity contribution is 5.50. The maximum atomic E-state index is 8.80. The predicted molar refractivity (Wildman–Crippen MR) is 106 cm³/mol. The Morgan fingerprint density at radius 3 is 2.54 bits per heavy atom. The molecular weight excluding hydrogens is 322 g/mol. The standard InChI is InChI=1S/C22H29N3O/c1-4-25(15-5-13-23)21-9-8-20(18(2)16-21)17-24-14-12-19-6-10-22(26-3)11-7-19/h6-11,16,24H,4-5,12,14-15,17H2,1-3H3/p+1. The van der Waals surface area contributed by atoms with Crippen LogP contribution in [-0.4, -0.2) is 26.7 Å². The van der Waals surface area contributed by atoms with Crippen LogP contribution in [0.2, 0.25) is 0 Å². The Morgan fingerprint density at radius 1 is 1.15 bits per heavy atom. The van der Waals surface area contributed by atoms with E-state index in [1.54, 1.807) is 7.11 Å². The molecule has 0 atom stereocenters. The number of methoxy groups -OCH3 is 1. The molecule has 4 nitrogen and oxygen atoms in total. The zero-order valence-corrected chi connectivity index (χ0v) is 16.2. The molecule has 2 aromatic carbocycles. The fourth-order valence-corrected chi connectivity index (χ4v) is 3.08. The van der Waals surface area contributed by atoms with Gasteiger partial charge in [-0.05, 0) is 49.2 Å². The Balaban J connectivity index is 1.84. The summed E-state index contributed by atoms with van der Waals surface area (Å²) in [6.45, 7) is 8.08. The Morgan fingerprint density at radius 2 is 1.92 bits per heavy atom. The molecule has 0 aliphatic heterocycles. The van der Waals surface area contributed by atoms with Crippen LogP contribution in [0.1, 0.15) is 30.0 Å². The molecule has 0 saturated heterocycles. The molecular formula is C22H30N3O+. The minimum absolute atomic E-state index is 0.563. The molecule has 26 heavy (non-hydrogen) atoms. The molecule has 2 rings (SSSR count). The van der Waals surface area contributed by atoms with Crippen molar-refractivity contribution in [1.82, 2.24) is 0 Å². The predicted octanol–water partition coefficient (Wildman–Crippen LogP) is 3.05. The van der Waals surface area contributed by atoms with Crippen LogP contribution >= 0.6 is 0 Å². The minimum Gasteiger partial charge on any atom is -0.497 e. The average Bonchev–Trinajstić information content (AvgIpc) is 2.67. The summed E-state index contributed by atoms with van der Waals surface area (Å²) in [6, 6.07) is 17.2. The number of hydrogen-bond donors (Lipinski definition) is 1. The number of aryl methyl sites for hydroxylation is 1. The van der Waals surface area contributed by atoms with Gasteiger partial charge in [0.1, 0.15) is 12.3 Å². The van der Waals surface area contributed by atoms with Crippen LogP contribution in [0, 0.1) is 18.3 Å². The van der Waals surface area contributed by atoms with Crippen LogP contribution in [0.3, 0.4) is 0 Å². The van der Waals surface area contributed by atoms with E-state index in [4.69, 9.17) is 10.00 Å². The lowest BCUT2D eigenvalue weighted by atomic mass is 10.1. The molecule has 0 aliphatic rings. The van der Waals surface area contributed by atoms with E-state index in [1.807, 2.05) is 12.1 Å². The smallest absolute Gasteiger partial charge is 0.118 e. The molecule has 0 bridgehead atoms. The molecule has 138 valence electrons. The number of hydrogen-bond acceptors (Lipinski definition) is 3. The first kappa shape index (κ1) is 19.8. The van der Waals surface area contributed by atoms with E-state index < -0.39 is 0 Å². The average molecular weight is 353 g/mol. The number of ether oxygens (including phenoxy) is 1. The van der Waals surface area contributed by atoms with Gasteiger partial charge in [-0.15, -0.1) is 0 Å². The van der Waals surface area contributed by atoms with E-state index >= 15 is 0 Å². The molecule has 0 amide bonds. The molecule has 0 saturated carbocycles. The number of quaternary nitrogens is 1. The Bertz CT molecular complexity index is 719. The van der Waals surface area contributed by atoms with E-state index in [9.17, 15) is 0 Å². The van der Waals surface area contributed by atoms with Crippen LogP contribution in [0.25, 0.3) is 0 Å². The zero-order chi connectivity index (χ0) is 18.8. The van der Waals surface area contributed by atoms with Gasteiger partial charge in [-0.25, -0.2) is 0 Å². The van der Waals surface area contributed by atoms with Gasteiger partial charge in [0.15, 0.2) is 0 Å². The second kappa shape index (κ2) is 10.5. The Labute approximate surface area is 157 Å². The Kier molecular flexibility index (Phi) is 7.98. The van der Waals surface area contributed by atoms with Gasteiger partial charge in [0.2, 0.25) is 0 Å². The lowest BCUT2D eigenvalue weighted by Gasteiger charge is -2.22. The molecule has 0 fully saturated rings. The van der Waals surface area contributed by atoms with Gasteiger partial charge in [0, 0.05) is 30.8 Å². The van der Waals surface area contributed by atoms with Crippen molar-refractivity contribution in [2.24, 2.45) is 0 Å². The van der Waals surface area contributed by atoms with Crippen molar-refractivity contribution in [2.75, 3.05) is 31.6 Å². The third-order valence-electron chi connectivity index (χ3n) is 4.73. The van der Waals surface area contributed by atoms with Gasteiger partial charge in [-0.2, -0.15) is 5.26 Å². The highest BCUT2D eigenvalue weighted by Crippen LogP contribution is 2.19. The van der Waals surface area contributed by atoms with E-state index in [1.165, 1.54) is 22.4 Å². The molecule has 0 aromatic heterocycles. The molecule has 4 heteroatoms. The second-order valence-electron chi connectivity index (χ2n) is 6.48. The van der Waals surface area contributed by atoms with Crippen molar-refractivity contribution in [3.8, 4) is 11.8 Å². The van der Waals surface area contributed by atoms with Gasteiger partial charge in [0.25, 0.3) is 0 Å². The number of anilines is 1. The van der Waals surface area contributed by atoms with Crippen molar-refractivity contribution in [1.29, 1.82) is 5.26 Å². The summed E-state index contributed by atoms with van der Waals surface area (Å²) in [5, 5.41) is 11.2. The van der Waals surface area contributed by atoms with E-state index in [0.717, 1.165) is 38.3 Å². The van der Waals surface area contributed by atoms with Crippen molar-refractivity contribution in [3.63, 3.8) is 0 Å². The van der Waals surface area contributed by atoms with E-state index in [2.05, 4.69) is 60.5 Å². The fourth-order valence-electron chi connectivity index (χ4n) is 3.08. The van der Waals surface area contributed by atoms with Gasteiger partial charge < -0.3 is 15.0 Å². The largest absolute Gasteiger partial charge is 0.497 e. The monoisotopic (exact) mass is 352 g/mol. The molecule has 2 N–H and O–H groups in total. The first-order valence-electron chi connectivity index (χ1n) is 9.34. The highest BCUT2D eigenvalue weighted by Gasteiger charge is 2.07. The quantitative estimate of drug-likeness (QED) is 0.669. The van der Waals surface area contributed by atoms with Crippen molar-refractivity contribution in [3.05, 3.63) is 59.2 Å². The van der Waals surface area contributed by atoms with Gasteiger partial charge in [-0.3, -0.25) is 0 Å². The Hall–Kier alpha value is -2.51. The lowest BCUT2D eigenvalue weighted by molar-refractivity contribution is -0.670. The van der Waals surface area contributed by atoms with Crippen LogP contribution in [0.15, 0.2) is 42.5 Å². The van der Waals surface area contributed by atoms with Gasteiger partial charge in [0.05, 0.1) is 26.1 Å². The molecule has 2 aromatic rings. The van der Waals surface area contributed by atoms with Crippen LogP contribution in [0.5, 0.6) is 5.75 Å². The normalized spacial score (nSPS) is 10.4. The van der Waals surface area contributed by atoms with Gasteiger partial charge in [-0.1, -0.05) is 18.2 Å². The molecule has 0 radical (unpaired) electrons.